The minimum absolute atomic E-state index is 0.0629. The Morgan fingerprint density at radius 3 is 2.88 bits per heavy atom. The molecule has 0 bridgehead atoms. The maximum atomic E-state index is 12.7. The zero-order chi connectivity index (χ0) is 17.1. The molecule has 0 radical (unpaired) electrons. The van der Waals surface area contributed by atoms with Gasteiger partial charge in [0.05, 0.1) is 6.04 Å². The number of carbonyl (C=O) groups excluding carboxylic acids is 1. The summed E-state index contributed by atoms with van der Waals surface area (Å²) in [5, 5.41) is 6.35. The molecule has 2 heterocycles. The Morgan fingerprint density at radius 2 is 2.00 bits per heavy atom. The summed E-state index contributed by atoms with van der Waals surface area (Å²) in [7, 11) is 0. The Kier molecular flexibility index (Phi) is 4.39. The molecule has 128 valence electrons. The maximum Gasteiger partial charge on any atom is 0.322 e. The number of hydrogen-bond donors (Lipinski definition) is 2. The van der Waals surface area contributed by atoms with Gasteiger partial charge in [0.1, 0.15) is 11.5 Å². The van der Waals surface area contributed by atoms with Crippen LogP contribution in [0.3, 0.4) is 0 Å². The van der Waals surface area contributed by atoms with Crippen LogP contribution >= 0.6 is 0 Å². The number of fused-ring (bicyclic) bond motifs is 1. The lowest BCUT2D eigenvalue weighted by atomic mass is 10.1. The van der Waals surface area contributed by atoms with Crippen molar-refractivity contribution in [2.24, 2.45) is 0 Å². The highest BCUT2D eigenvalue weighted by atomic mass is 16.3. The van der Waals surface area contributed by atoms with Crippen LogP contribution in [0.2, 0.25) is 0 Å². The van der Waals surface area contributed by atoms with Crippen molar-refractivity contribution in [3.05, 3.63) is 66.4 Å². The third-order valence-corrected chi connectivity index (χ3v) is 4.57. The van der Waals surface area contributed by atoms with Crippen LogP contribution in [0.1, 0.15) is 5.76 Å². The number of rotatable bonds is 3. The van der Waals surface area contributed by atoms with Gasteiger partial charge in [-0.05, 0) is 30.3 Å². The summed E-state index contributed by atoms with van der Waals surface area (Å²) in [4.78, 5) is 14.6. The van der Waals surface area contributed by atoms with Gasteiger partial charge in [-0.2, -0.15) is 0 Å². The van der Waals surface area contributed by atoms with Crippen molar-refractivity contribution in [1.29, 1.82) is 0 Å². The van der Waals surface area contributed by atoms with Crippen molar-refractivity contribution in [3.63, 3.8) is 0 Å². The van der Waals surface area contributed by atoms with E-state index in [0.717, 1.165) is 35.9 Å². The molecule has 1 aromatic carbocycles. The van der Waals surface area contributed by atoms with Crippen molar-refractivity contribution < 1.29 is 9.21 Å². The molecule has 25 heavy (non-hydrogen) atoms. The van der Waals surface area contributed by atoms with Crippen molar-refractivity contribution in [1.82, 2.24) is 10.2 Å². The second-order valence-corrected chi connectivity index (χ2v) is 6.30. The van der Waals surface area contributed by atoms with Crippen LogP contribution in [-0.2, 0) is 6.42 Å². The first-order valence-electron chi connectivity index (χ1n) is 8.60. The lowest BCUT2D eigenvalue weighted by Gasteiger charge is -2.36. The zero-order valence-electron chi connectivity index (χ0n) is 13.9. The molecular formula is C20H21N3O2. The van der Waals surface area contributed by atoms with Crippen LogP contribution in [-0.4, -0.2) is 36.6 Å². The van der Waals surface area contributed by atoms with Crippen molar-refractivity contribution in [2.45, 2.75) is 12.5 Å². The summed E-state index contributed by atoms with van der Waals surface area (Å²) in [6.45, 7) is 2.25. The number of urea groups is 1. The fourth-order valence-electron chi connectivity index (χ4n) is 3.28. The third-order valence-electron chi connectivity index (χ3n) is 4.57. The summed E-state index contributed by atoms with van der Waals surface area (Å²) in [5.74, 6) is 1.78. The van der Waals surface area contributed by atoms with E-state index >= 15 is 0 Å². The molecule has 3 aliphatic rings. The SMILES string of the molecule is O=C(Nc1ccccc1)N1CCNCC1Cc1ccc2cccc-2o1. The van der Waals surface area contributed by atoms with Crippen LogP contribution < -0.4 is 10.6 Å². The predicted octanol–water partition coefficient (Wildman–Crippen LogP) is 3.43. The Morgan fingerprint density at radius 1 is 1.12 bits per heavy atom. The van der Waals surface area contributed by atoms with E-state index in [1.165, 1.54) is 0 Å². The molecule has 1 fully saturated rings. The zero-order valence-corrected chi connectivity index (χ0v) is 13.9. The number of hydrogen-bond acceptors (Lipinski definition) is 3. The fourth-order valence-corrected chi connectivity index (χ4v) is 3.28. The molecule has 2 aliphatic heterocycles. The van der Waals surface area contributed by atoms with Crippen LogP contribution in [0.4, 0.5) is 10.5 Å². The topological polar surface area (TPSA) is 57.5 Å². The number of anilines is 1. The Bertz CT molecular complexity index is 815. The molecule has 1 atom stereocenters. The van der Waals surface area contributed by atoms with E-state index in [2.05, 4.69) is 16.7 Å². The second-order valence-electron chi connectivity index (χ2n) is 6.30. The highest BCUT2D eigenvalue weighted by molar-refractivity contribution is 5.89. The minimum Gasteiger partial charge on any atom is -0.461 e. The number of nitrogens with one attached hydrogen (secondary N) is 2. The van der Waals surface area contributed by atoms with E-state index in [9.17, 15) is 4.79 Å². The highest BCUT2D eigenvalue weighted by Crippen LogP contribution is 2.25. The van der Waals surface area contributed by atoms with Gasteiger partial charge in [-0.25, -0.2) is 4.79 Å². The lowest BCUT2D eigenvalue weighted by Crippen LogP contribution is -2.55. The normalized spacial score (nSPS) is 17.6. The summed E-state index contributed by atoms with van der Waals surface area (Å²) in [6.07, 6.45) is 0.691. The van der Waals surface area contributed by atoms with Crippen molar-refractivity contribution in [2.75, 3.05) is 25.0 Å². The molecule has 2 N–H and O–H groups in total. The van der Waals surface area contributed by atoms with Crippen molar-refractivity contribution in [3.8, 4) is 11.3 Å². The summed E-state index contributed by atoms with van der Waals surface area (Å²) >= 11 is 0. The van der Waals surface area contributed by atoms with Crippen LogP contribution in [0.5, 0.6) is 0 Å². The monoisotopic (exact) mass is 335 g/mol. The van der Waals surface area contributed by atoms with Gasteiger partial charge in [-0.15, -0.1) is 0 Å². The van der Waals surface area contributed by atoms with Crippen LogP contribution in [0.15, 0.2) is 65.1 Å². The maximum absolute atomic E-state index is 12.7. The van der Waals surface area contributed by atoms with E-state index in [-0.39, 0.29) is 12.1 Å². The van der Waals surface area contributed by atoms with Gasteiger partial charge in [-0.1, -0.05) is 30.3 Å². The van der Waals surface area contributed by atoms with E-state index < -0.39 is 0 Å². The average Bonchev–Trinajstić information content (AvgIpc) is 3.11. The fraction of sp³-hybridized carbons (Fsp3) is 0.250. The quantitative estimate of drug-likeness (QED) is 0.771. The first-order valence-corrected chi connectivity index (χ1v) is 8.60. The standard InChI is InChI=1S/C20H21N3O2/c24-20(22-16-6-2-1-3-7-16)23-12-11-21-14-17(23)13-18-10-9-15-5-4-8-19(15)25-18/h1-10,17,21H,11-14H2,(H,22,24). The van der Waals surface area contributed by atoms with Gasteiger partial charge in [0.25, 0.3) is 0 Å². The number of amides is 2. The Balaban J connectivity index is 1.49. The van der Waals surface area contributed by atoms with Gasteiger partial charge >= 0.3 is 6.03 Å². The molecule has 2 amide bonds. The molecular weight excluding hydrogens is 314 g/mol. The van der Waals surface area contributed by atoms with E-state index in [1.807, 2.05) is 59.5 Å². The molecule has 1 saturated heterocycles. The Labute approximate surface area is 147 Å². The highest BCUT2D eigenvalue weighted by Gasteiger charge is 2.27. The predicted molar refractivity (Wildman–Crippen MR) is 97.9 cm³/mol. The van der Waals surface area contributed by atoms with Gasteiger partial charge in [-0.3, -0.25) is 0 Å². The van der Waals surface area contributed by atoms with Gasteiger partial charge in [0.15, 0.2) is 0 Å². The molecule has 0 spiro atoms. The number of para-hydroxylation sites is 1. The smallest absolute Gasteiger partial charge is 0.322 e. The van der Waals surface area contributed by atoms with Crippen LogP contribution in [0, 0.1) is 0 Å². The van der Waals surface area contributed by atoms with Gasteiger partial charge < -0.3 is 20.0 Å². The third kappa shape index (κ3) is 3.51. The van der Waals surface area contributed by atoms with Crippen molar-refractivity contribution >= 4 is 11.7 Å². The molecule has 1 aliphatic carbocycles. The van der Waals surface area contributed by atoms with E-state index in [0.29, 0.717) is 13.0 Å². The molecule has 1 unspecified atom stereocenters. The lowest BCUT2D eigenvalue weighted by molar-refractivity contribution is 0.167. The molecule has 1 aromatic rings. The minimum atomic E-state index is -0.0629. The van der Waals surface area contributed by atoms with Crippen LogP contribution in [0.25, 0.3) is 11.3 Å². The average molecular weight is 335 g/mol. The molecule has 4 rings (SSSR count). The summed E-state index contributed by atoms with van der Waals surface area (Å²) < 4.78 is 5.96. The number of benzene rings is 1. The van der Waals surface area contributed by atoms with Gasteiger partial charge in [0.2, 0.25) is 0 Å². The number of carbonyl (C=O) groups is 1. The summed E-state index contributed by atoms with van der Waals surface area (Å²) in [6, 6.07) is 19.6. The number of nitrogens with zero attached hydrogens (tertiary/aromatic N) is 1. The Hall–Kier alpha value is -2.79. The number of piperazine rings is 1. The first kappa shape index (κ1) is 15.7. The van der Waals surface area contributed by atoms with Gasteiger partial charge in [0, 0.05) is 37.3 Å². The van der Waals surface area contributed by atoms with E-state index in [4.69, 9.17) is 4.42 Å². The molecule has 5 nitrogen and oxygen atoms in total. The largest absolute Gasteiger partial charge is 0.461 e. The second kappa shape index (κ2) is 6.99. The molecule has 5 heteroatoms. The molecule has 0 aromatic heterocycles. The summed E-state index contributed by atoms with van der Waals surface area (Å²) in [5.41, 5.74) is 1.91. The first-order chi connectivity index (χ1) is 12.3. The van der Waals surface area contributed by atoms with E-state index in [1.54, 1.807) is 0 Å². The molecule has 0 saturated carbocycles.